The first-order chi connectivity index (χ1) is 9.96. The molecule has 1 amide bonds. The normalized spacial score (nSPS) is 11.4. The molecule has 0 spiro atoms. The van der Waals surface area contributed by atoms with Crippen LogP contribution in [0, 0.1) is 0 Å². The van der Waals surface area contributed by atoms with Crippen LogP contribution in [0.5, 0.6) is 17.2 Å². The molecule has 116 valence electrons. The van der Waals surface area contributed by atoms with Crippen molar-refractivity contribution in [3.8, 4) is 17.2 Å². The van der Waals surface area contributed by atoms with Gasteiger partial charge in [0.1, 0.15) is 0 Å². The van der Waals surface area contributed by atoms with Crippen molar-refractivity contribution in [2.45, 2.75) is 6.10 Å². The van der Waals surface area contributed by atoms with Gasteiger partial charge in [-0.3, -0.25) is 4.79 Å². The third-order valence-electron chi connectivity index (χ3n) is 2.69. The maximum Gasteiger partial charge on any atom is 0.334 e. The molecule has 1 aromatic carbocycles. The molecule has 0 aliphatic rings. The number of aliphatic carboxylic acids is 1. The number of carbonyl (C=O) groups excluding carboxylic acids is 1. The third-order valence-corrected chi connectivity index (χ3v) is 2.69. The Bertz CT molecular complexity index is 529. The molecule has 0 bridgehead atoms. The third kappa shape index (κ3) is 3.76. The Balaban J connectivity index is 3.01. The number of ether oxygens (including phenoxy) is 3. The predicted octanol–water partition coefficient (Wildman–Crippen LogP) is -0.112. The van der Waals surface area contributed by atoms with Crippen molar-refractivity contribution in [1.82, 2.24) is 5.32 Å². The van der Waals surface area contributed by atoms with Crippen molar-refractivity contribution >= 4 is 11.9 Å². The number of benzene rings is 1. The van der Waals surface area contributed by atoms with Gasteiger partial charge in [0, 0.05) is 0 Å². The molecule has 1 aromatic rings. The molecule has 8 heteroatoms. The maximum atomic E-state index is 12.0. The van der Waals surface area contributed by atoms with Crippen LogP contribution in [0.3, 0.4) is 0 Å². The van der Waals surface area contributed by atoms with Gasteiger partial charge in [0.2, 0.25) is 5.75 Å². The zero-order valence-corrected chi connectivity index (χ0v) is 11.9. The fourth-order valence-corrected chi connectivity index (χ4v) is 1.65. The van der Waals surface area contributed by atoms with E-state index >= 15 is 0 Å². The molecule has 3 N–H and O–H groups in total. The zero-order chi connectivity index (χ0) is 16.0. The van der Waals surface area contributed by atoms with Crippen LogP contribution in [0.25, 0.3) is 0 Å². The largest absolute Gasteiger partial charge is 0.493 e. The zero-order valence-electron chi connectivity index (χ0n) is 11.9. The van der Waals surface area contributed by atoms with Crippen LogP contribution in [-0.2, 0) is 4.79 Å². The van der Waals surface area contributed by atoms with E-state index in [0.717, 1.165) is 0 Å². The van der Waals surface area contributed by atoms with Crippen molar-refractivity contribution in [2.24, 2.45) is 0 Å². The molecule has 0 aromatic heterocycles. The minimum Gasteiger partial charge on any atom is -0.493 e. The standard InChI is InChI=1S/C13H17NO7/c1-19-9-5-4-7(10(20-2)11(9)21-3)12(16)14-6-8(15)13(17)18/h4-5,8,15H,6H2,1-3H3,(H,14,16)(H,17,18). The van der Waals surface area contributed by atoms with E-state index in [4.69, 9.17) is 24.4 Å². The molecule has 0 saturated heterocycles. The summed E-state index contributed by atoms with van der Waals surface area (Å²) in [6, 6.07) is 2.96. The van der Waals surface area contributed by atoms with Crippen LogP contribution < -0.4 is 19.5 Å². The molecule has 1 rings (SSSR count). The van der Waals surface area contributed by atoms with Gasteiger partial charge in [-0.2, -0.15) is 0 Å². The fourth-order valence-electron chi connectivity index (χ4n) is 1.65. The molecule has 21 heavy (non-hydrogen) atoms. The number of carbonyl (C=O) groups is 2. The van der Waals surface area contributed by atoms with E-state index in [-0.39, 0.29) is 17.1 Å². The molecule has 1 atom stereocenters. The van der Waals surface area contributed by atoms with Gasteiger partial charge in [-0.15, -0.1) is 0 Å². The summed E-state index contributed by atoms with van der Waals surface area (Å²) in [6.07, 6.45) is -1.68. The highest BCUT2D eigenvalue weighted by molar-refractivity contribution is 5.98. The lowest BCUT2D eigenvalue weighted by atomic mass is 10.1. The Morgan fingerprint density at radius 2 is 1.76 bits per heavy atom. The highest BCUT2D eigenvalue weighted by atomic mass is 16.5. The quantitative estimate of drug-likeness (QED) is 0.643. The van der Waals surface area contributed by atoms with E-state index in [1.807, 2.05) is 0 Å². The number of nitrogens with one attached hydrogen (secondary N) is 1. The Morgan fingerprint density at radius 1 is 1.14 bits per heavy atom. The molecule has 1 unspecified atom stereocenters. The molecule has 0 heterocycles. The summed E-state index contributed by atoms with van der Waals surface area (Å²) in [6.45, 7) is -0.425. The average molecular weight is 299 g/mol. The number of carboxylic acid groups (broad SMARTS) is 1. The fraction of sp³-hybridized carbons (Fsp3) is 0.385. The molecule has 0 radical (unpaired) electrons. The van der Waals surface area contributed by atoms with Crippen LogP contribution in [0.15, 0.2) is 12.1 Å². The number of hydrogen-bond acceptors (Lipinski definition) is 6. The second-order valence-corrected chi connectivity index (χ2v) is 3.95. The summed E-state index contributed by atoms with van der Waals surface area (Å²) < 4.78 is 15.4. The van der Waals surface area contributed by atoms with Gasteiger partial charge in [-0.05, 0) is 12.1 Å². The van der Waals surface area contributed by atoms with Crippen LogP contribution in [0.2, 0.25) is 0 Å². The molecule has 0 fully saturated rings. The molecule has 0 aliphatic heterocycles. The highest BCUT2D eigenvalue weighted by Crippen LogP contribution is 2.39. The minimum atomic E-state index is -1.68. The van der Waals surface area contributed by atoms with E-state index in [1.165, 1.54) is 33.5 Å². The molecular weight excluding hydrogens is 282 g/mol. The van der Waals surface area contributed by atoms with Crippen molar-refractivity contribution in [2.75, 3.05) is 27.9 Å². The van der Waals surface area contributed by atoms with Gasteiger partial charge in [-0.1, -0.05) is 0 Å². The summed E-state index contributed by atoms with van der Waals surface area (Å²) in [5.74, 6) is -1.25. The Morgan fingerprint density at radius 3 is 2.24 bits per heavy atom. The second-order valence-electron chi connectivity index (χ2n) is 3.95. The van der Waals surface area contributed by atoms with E-state index in [1.54, 1.807) is 0 Å². The lowest BCUT2D eigenvalue weighted by Gasteiger charge is -2.15. The van der Waals surface area contributed by atoms with Crippen LogP contribution >= 0.6 is 0 Å². The van der Waals surface area contributed by atoms with Gasteiger partial charge >= 0.3 is 5.97 Å². The first kappa shape index (κ1) is 16.6. The molecule has 0 aliphatic carbocycles. The van der Waals surface area contributed by atoms with Gasteiger partial charge in [0.25, 0.3) is 5.91 Å². The number of hydrogen-bond donors (Lipinski definition) is 3. The number of amides is 1. The van der Waals surface area contributed by atoms with E-state index in [9.17, 15) is 9.59 Å². The first-order valence-corrected chi connectivity index (χ1v) is 5.94. The van der Waals surface area contributed by atoms with E-state index in [0.29, 0.717) is 5.75 Å². The van der Waals surface area contributed by atoms with Crippen molar-refractivity contribution in [3.05, 3.63) is 17.7 Å². The first-order valence-electron chi connectivity index (χ1n) is 5.94. The highest BCUT2D eigenvalue weighted by Gasteiger charge is 2.22. The lowest BCUT2D eigenvalue weighted by molar-refractivity contribution is -0.146. The topological polar surface area (TPSA) is 114 Å². The van der Waals surface area contributed by atoms with Crippen LogP contribution in [0.4, 0.5) is 0 Å². The SMILES string of the molecule is COc1ccc(C(=O)NCC(O)C(=O)O)c(OC)c1OC. The number of rotatable bonds is 7. The molecular formula is C13H17NO7. The smallest absolute Gasteiger partial charge is 0.334 e. The summed E-state index contributed by atoms with van der Waals surface area (Å²) in [5.41, 5.74) is 0.132. The predicted molar refractivity (Wildman–Crippen MR) is 72.1 cm³/mol. The number of carboxylic acids is 1. The van der Waals surface area contributed by atoms with Crippen molar-refractivity contribution < 1.29 is 34.0 Å². The van der Waals surface area contributed by atoms with Crippen LogP contribution in [0.1, 0.15) is 10.4 Å². The number of aliphatic hydroxyl groups excluding tert-OH is 1. The van der Waals surface area contributed by atoms with E-state index in [2.05, 4.69) is 5.32 Å². The van der Waals surface area contributed by atoms with Gasteiger partial charge in [0.15, 0.2) is 17.6 Å². The Hall–Kier alpha value is -2.48. The average Bonchev–Trinajstić information content (AvgIpc) is 2.49. The van der Waals surface area contributed by atoms with Gasteiger partial charge in [0.05, 0.1) is 33.4 Å². The van der Waals surface area contributed by atoms with Crippen molar-refractivity contribution in [1.29, 1.82) is 0 Å². The summed E-state index contributed by atoms with van der Waals surface area (Å²) in [4.78, 5) is 22.5. The minimum absolute atomic E-state index is 0.132. The summed E-state index contributed by atoms with van der Waals surface area (Å²) in [5, 5.41) is 20.0. The monoisotopic (exact) mass is 299 g/mol. The number of methoxy groups -OCH3 is 3. The summed E-state index contributed by atoms with van der Waals surface area (Å²) >= 11 is 0. The molecule has 0 saturated carbocycles. The van der Waals surface area contributed by atoms with Crippen LogP contribution in [-0.4, -0.2) is 56.1 Å². The number of aliphatic hydroxyl groups is 1. The van der Waals surface area contributed by atoms with Crippen molar-refractivity contribution in [3.63, 3.8) is 0 Å². The van der Waals surface area contributed by atoms with Gasteiger partial charge in [-0.25, -0.2) is 4.79 Å². The lowest BCUT2D eigenvalue weighted by Crippen LogP contribution is -2.36. The Labute approximate surface area is 121 Å². The summed E-state index contributed by atoms with van der Waals surface area (Å²) in [7, 11) is 4.21. The van der Waals surface area contributed by atoms with Gasteiger partial charge < -0.3 is 29.7 Å². The molecule has 8 nitrogen and oxygen atoms in total. The second kappa shape index (κ2) is 7.34. The van der Waals surface area contributed by atoms with E-state index < -0.39 is 24.5 Å². The maximum absolute atomic E-state index is 12.0. The Kier molecular flexibility index (Phi) is 5.79.